The van der Waals surface area contributed by atoms with E-state index in [9.17, 15) is 9.59 Å². The Balaban J connectivity index is 1.28. The van der Waals surface area contributed by atoms with Crippen LogP contribution >= 0.6 is 0 Å². The average molecular weight is 427 g/mol. The van der Waals surface area contributed by atoms with Gasteiger partial charge < -0.3 is 25.0 Å². The molecule has 7 heteroatoms. The minimum atomic E-state index is 0.00883. The Morgan fingerprint density at radius 2 is 1.61 bits per heavy atom. The topological polar surface area (TPSA) is 81.1 Å². The van der Waals surface area contributed by atoms with E-state index in [2.05, 4.69) is 10.6 Å². The zero-order valence-corrected chi connectivity index (χ0v) is 18.1. The molecule has 1 aliphatic rings. The normalized spacial score (nSPS) is 18.1. The molecule has 2 aromatic carbocycles. The molecule has 0 saturated carbocycles. The summed E-state index contributed by atoms with van der Waals surface area (Å²) in [6, 6.07) is 17.0. The molecule has 0 unspecified atom stereocenters. The van der Waals surface area contributed by atoms with Crippen LogP contribution in [0.25, 0.3) is 0 Å². The van der Waals surface area contributed by atoms with E-state index < -0.39 is 0 Å². The third-order valence-corrected chi connectivity index (χ3v) is 5.34. The molecule has 1 saturated heterocycles. The van der Waals surface area contributed by atoms with Gasteiger partial charge in [-0.2, -0.15) is 0 Å². The lowest BCUT2D eigenvalue weighted by molar-refractivity contribution is -0.897. The molecule has 0 spiro atoms. The summed E-state index contributed by atoms with van der Waals surface area (Å²) >= 11 is 0. The van der Waals surface area contributed by atoms with Crippen molar-refractivity contribution in [3.05, 3.63) is 54.6 Å². The number of nitrogens with one attached hydrogen (secondary N) is 3. The van der Waals surface area contributed by atoms with Crippen LogP contribution in [0.4, 0.5) is 5.69 Å². The first kappa shape index (κ1) is 22.6. The van der Waals surface area contributed by atoms with Crippen molar-refractivity contribution in [3.8, 4) is 11.5 Å². The summed E-state index contributed by atoms with van der Waals surface area (Å²) in [7, 11) is 0. The monoisotopic (exact) mass is 426 g/mol. The predicted molar refractivity (Wildman–Crippen MR) is 119 cm³/mol. The summed E-state index contributed by atoms with van der Waals surface area (Å²) in [5, 5.41) is 5.89. The van der Waals surface area contributed by atoms with Crippen molar-refractivity contribution in [2.75, 3.05) is 44.7 Å². The quantitative estimate of drug-likeness (QED) is 0.503. The number of carbonyl (C=O) groups is 2. The maximum Gasteiger partial charge on any atom is 0.275 e. The largest absolute Gasteiger partial charge is 0.494 e. The van der Waals surface area contributed by atoms with Gasteiger partial charge in [0.1, 0.15) is 18.1 Å². The lowest BCUT2D eigenvalue weighted by Gasteiger charge is -2.28. The van der Waals surface area contributed by atoms with Crippen LogP contribution in [0.15, 0.2) is 54.6 Å². The zero-order valence-electron chi connectivity index (χ0n) is 18.1. The highest BCUT2D eigenvalue weighted by Crippen LogP contribution is 2.17. The summed E-state index contributed by atoms with van der Waals surface area (Å²) in [5.74, 6) is 1.65. The van der Waals surface area contributed by atoms with E-state index in [0.717, 1.165) is 43.1 Å². The first-order chi connectivity index (χ1) is 15.1. The highest BCUT2D eigenvalue weighted by molar-refractivity contribution is 5.92. The second kappa shape index (κ2) is 12.0. The van der Waals surface area contributed by atoms with Gasteiger partial charge in [0.2, 0.25) is 5.91 Å². The number of quaternary nitrogens is 1. The van der Waals surface area contributed by atoms with Gasteiger partial charge in [0.15, 0.2) is 6.54 Å². The number of carbonyl (C=O) groups excluding carboxylic acids is 2. The molecule has 166 valence electrons. The highest BCUT2D eigenvalue weighted by atomic mass is 16.5. The van der Waals surface area contributed by atoms with E-state index >= 15 is 0 Å². The van der Waals surface area contributed by atoms with E-state index in [1.54, 1.807) is 0 Å². The van der Waals surface area contributed by atoms with Crippen LogP contribution in [0, 0.1) is 5.92 Å². The molecule has 0 aromatic heterocycles. The molecule has 1 aliphatic heterocycles. The Labute approximate surface area is 183 Å². The van der Waals surface area contributed by atoms with Gasteiger partial charge >= 0.3 is 0 Å². The SMILES string of the molecule is CCOc1ccc(OCCNC(=O)C[NH+]2CCC(C(=O)Nc3ccccc3)CC2)cc1. The minimum Gasteiger partial charge on any atom is -0.494 e. The van der Waals surface area contributed by atoms with Gasteiger partial charge in [-0.3, -0.25) is 9.59 Å². The lowest BCUT2D eigenvalue weighted by atomic mass is 9.96. The highest BCUT2D eigenvalue weighted by Gasteiger charge is 2.28. The zero-order chi connectivity index (χ0) is 21.9. The lowest BCUT2D eigenvalue weighted by Crippen LogP contribution is -3.14. The van der Waals surface area contributed by atoms with Crippen LogP contribution in [0.1, 0.15) is 19.8 Å². The molecule has 1 heterocycles. The fourth-order valence-electron chi connectivity index (χ4n) is 3.68. The molecular formula is C24H32N3O4+. The van der Waals surface area contributed by atoms with E-state index in [4.69, 9.17) is 9.47 Å². The Kier molecular flexibility index (Phi) is 8.72. The number of piperidine rings is 1. The number of likely N-dealkylation sites (tertiary alicyclic amines) is 1. The summed E-state index contributed by atoms with van der Waals surface area (Å²) in [5.41, 5.74) is 0.828. The molecule has 0 aliphatic carbocycles. The molecule has 7 nitrogen and oxygen atoms in total. The minimum absolute atomic E-state index is 0.00883. The molecule has 0 bridgehead atoms. The van der Waals surface area contributed by atoms with Crippen molar-refractivity contribution < 1.29 is 24.0 Å². The smallest absolute Gasteiger partial charge is 0.275 e. The first-order valence-electron chi connectivity index (χ1n) is 11.0. The fraction of sp³-hybridized carbons (Fsp3) is 0.417. The Morgan fingerprint density at radius 3 is 2.26 bits per heavy atom. The molecule has 0 radical (unpaired) electrons. The van der Waals surface area contributed by atoms with E-state index in [1.165, 1.54) is 4.90 Å². The first-order valence-corrected chi connectivity index (χ1v) is 11.0. The van der Waals surface area contributed by atoms with Crippen LogP contribution < -0.4 is 25.0 Å². The van der Waals surface area contributed by atoms with E-state index in [-0.39, 0.29) is 17.7 Å². The number of para-hydroxylation sites is 1. The van der Waals surface area contributed by atoms with Gasteiger partial charge in [0, 0.05) is 24.4 Å². The standard InChI is InChI=1S/C24H31N3O4/c1-2-30-21-8-10-22(11-9-21)31-17-14-25-23(28)18-27-15-12-19(13-16-27)24(29)26-20-6-4-3-5-7-20/h3-11,19H,2,12-18H2,1H3,(H,25,28)(H,26,29)/p+1. The maximum absolute atomic E-state index is 12.4. The maximum atomic E-state index is 12.4. The fourth-order valence-corrected chi connectivity index (χ4v) is 3.68. The Bertz CT molecular complexity index is 818. The van der Waals surface area contributed by atoms with Crippen molar-refractivity contribution in [1.82, 2.24) is 5.32 Å². The number of rotatable bonds is 10. The summed E-state index contributed by atoms with van der Waals surface area (Å²) in [6.07, 6.45) is 1.59. The second-order valence-corrected chi connectivity index (χ2v) is 7.66. The van der Waals surface area contributed by atoms with Crippen LogP contribution in [-0.4, -0.2) is 51.2 Å². The molecule has 2 aromatic rings. The van der Waals surface area contributed by atoms with E-state index in [1.807, 2.05) is 61.5 Å². The number of amides is 2. The van der Waals surface area contributed by atoms with Crippen molar-refractivity contribution in [2.24, 2.45) is 5.92 Å². The number of hydrogen-bond acceptors (Lipinski definition) is 4. The van der Waals surface area contributed by atoms with Gasteiger partial charge in [-0.05, 0) is 43.3 Å². The van der Waals surface area contributed by atoms with E-state index in [0.29, 0.717) is 26.3 Å². The number of benzene rings is 2. The molecule has 1 fully saturated rings. The van der Waals surface area contributed by atoms with Gasteiger partial charge in [0.25, 0.3) is 5.91 Å². The average Bonchev–Trinajstić information content (AvgIpc) is 2.79. The Morgan fingerprint density at radius 1 is 0.968 bits per heavy atom. The molecule has 31 heavy (non-hydrogen) atoms. The van der Waals surface area contributed by atoms with Crippen molar-refractivity contribution >= 4 is 17.5 Å². The van der Waals surface area contributed by atoms with Crippen molar-refractivity contribution in [2.45, 2.75) is 19.8 Å². The van der Waals surface area contributed by atoms with Crippen LogP contribution in [0.3, 0.4) is 0 Å². The number of ether oxygens (including phenoxy) is 2. The van der Waals surface area contributed by atoms with Crippen LogP contribution in [-0.2, 0) is 9.59 Å². The summed E-state index contributed by atoms with van der Waals surface area (Å²) < 4.78 is 11.0. The van der Waals surface area contributed by atoms with Gasteiger partial charge in [-0.1, -0.05) is 18.2 Å². The van der Waals surface area contributed by atoms with Crippen LogP contribution in [0.5, 0.6) is 11.5 Å². The molecule has 3 rings (SSSR count). The third kappa shape index (κ3) is 7.61. The molecule has 0 atom stereocenters. The molecular weight excluding hydrogens is 394 g/mol. The summed E-state index contributed by atoms with van der Waals surface area (Å²) in [6.45, 7) is 5.52. The second-order valence-electron chi connectivity index (χ2n) is 7.66. The van der Waals surface area contributed by atoms with Gasteiger partial charge in [-0.25, -0.2) is 0 Å². The van der Waals surface area contributed by atoms with Crippen molar-refractivity contribution in [3.63, 3.8) is 0 Å². The molecule has 3 N–H and O–H groups in total. The van der Waals surface area contributed by atoms with Crippen LogP contribution in [0.2, 0.25) is 0 Å². The van der Waals surface area contributed by atoms with Gasteiger partial charge in [0.05, 0.1) is 26.2 Å². The summed E-state index contributed by atoms with van der Waals surface area (Å²) in [4.78, 5) is 25.8. The van der Waals surface area contributed by atoms with Crippen molar-refractivity contribution in [1.29, 1.82) is 0 Å². The number of hydrogen-bond donors (Lipinski definition) is 3. The van der Waals surface area contributed by atoms with Gasteiger partial charge in [-0.15, -0.1) is 0 Å². The predicted octanol–water partition coefficient (Wildman–Crippen LogP) is 1.51. The molecule has 2 amide bonds. The Hall–Kier alpha value is -3.06. The number of anilines is 1. The third-order valence-electron chi connectivity index (χ3n) is 5.34.